The van der Waals surface area contributed by atoms with Crippen LogP contribution in [-0.4, -0.2) is 23.4 Å². The van der Waals surface area contributed by atoms with Gasteiger partial charge in [0.25, 0.3) is 0 Å². The lowest BCUT2D eigenvalue weighted by molar-refractivity contribution is -0.0191. The highest BCUT2D eigenvalue weighted by atomic mass is 79.9. The van der Waals surface area contributed by atoms with Crippen molar-refractivity contribution in [1.82, 2.24) is 5.01 Å². The molecule has 5 nitrogen and oxygen atoms in total. The molecule has 0 aliphatic carbocycles. The molecule has 0 spiro atoms. The first-order valence-electron chi connectivity index (χ1n) is 11.4. The molecule has 2 aliphatic heterocycles. The van der Waals surface area contributed by atoms with E-state index in [0.717, 1.165) is 50.5 Å². The number of hydrogen-bond acceptors (Lipinski definition) is 5. The molecule has 0 amide bonds. The lowest BCUT2D eigenvalue weighted by Gasteiger charge is -2.38. The third kappa shape index (κ3) is 4.55. The third-order valence-electron chi connectivity index (χ3n) is 5.84. The van der Waals surface area contributed by atoms with Crippen LogP contribution in [-0.2, 0) is 0 Å². The summed E-state index contributed by atoms with van der Waals surface area (Å²) in [7, 11) is 0. The maximum absolute atomic E-state index is 6.48. The van der Waals surface area contributed by atoms with Crippen LogP contribution in [0.15, 0.2) is 89.0 Å². The quantitative estimate of drug-likeness (QED) is 0.314. The summed E-state index contributed by atoms with van der Waals surface area (Å²) in [6.07, 6.45) is 2.35. The van der Waals surface area contributed by atoms with Crippen molar-refractivity contribution in [2.45, 2.75) is 38.6 Å². The Hall–Kier alpha value is -3.25. The molecule has 174 valence electrons. The second-order valence-corrected chi connectivity index (χ2v) is 9.57. The Morgan fingerprint density at radius 3 is 2.53 bits per heavy atom. The van der Waals surface area contributed by atoms with Gasteiger partial charge in [-0.25, -0.2) is 5.01 Å². The van der Waals surface area contributed by atoms with Gasteiger partial charge in [0.1, 0.15) is 23.9 Å². The van der Waals surface area contributed by atoms with E-state index in [-0.39, 0.29) is 18.4 Å². The highest BCUT2D eigenvalue weighted by molar-refractivity contribution is 9.10. The number of benzene rings is 3. The largest absolute Gasteiger partial charge is 0.491 e. The Balaban J connectivity index is 1.47. The Kier molecular flexibility index (Phi) is 6.33. The number of ether oxygens (including phenoxy) is 3. The van der Waals surface area contributed by atoms with E-state index in [1.54, 1.807) is 6.08 Å². The first kappa shape index (κ1) is 22.5. The molecular weight excluding hydrogens is 492 g/mol. The summed E-state index contributed by atoms with van der Waals surface area (Å²) >= 11 is 3.62. The van der Waals surface area contributed by atoms with Gasteiger partial charge in [-0.05, 0) is 86.1 Å². The highest BCUT2D eigenvalue weighted by Crippen LogP contribution is 2.48. The van der Waals surface area contributed by atoms with Gasteiger partial charge in [0.2, 0.25) is 6.23 Å². The molecule has 0 bridgehead atoms. The molecule has 3 aromatic carbocycles. The predicted octanol–water partition coefficient (Wildman–Crippen LogP) is 7.04. The van der Waals surface area contributed by atoms with E-state index >= 15 is 0 Å². The highest BCUT2D eigenvalue weighted by Gasteiger charge is 2.41. The van der Waals surface area contributed by atoms with E-state index in [2.05, 4.69) is 57.8 Å². The smallest absolute Gasteiger partial charge is 0.213 e. The molecule has 6 heteroatoms. The summed E-state index contributed by atoms with van der Waals surface area (Å²) in [6, 6.07) is 22.4. The van der Waals surface area contributed by atoms with Crippen LogP contribution < -0.4 is 14.2 Å². The molecule has 3 aromatic rings. The second kappa shape index (κ2) is 9.55. The van der Waals surface area contributed by atoms with Gasteiger partial charge >= 0.3 is 0 Å². The van der Waals surface area contributed by atoms with E-state index in [0.29, 0.717) is 6.61 Å². The van der Waals surface area contributed by atoms with Crippen molar-refractivity contribution in [2.24, 2.45) is 5.10 Å². The molecule has 0 N–H and O–H groups in total. The molecule has 2 heterocycles. The molecule has 2 aliphatic rings. The number of fused-ring (bicyclic) bond motifs is 3. The maximum Gasteiger partial charge on any atom is 0.213 e. The fourth-order valence-corrected chi connectivity index (χ4v) is 4.71. The Morgan fingerprint density at radius 2 is 1.82 bits per heavy atom. The predicted molar refractivity (Wildman–Crippen MR) is 138 cm³/mol. The molecule has 0 aromatic heterocycles. The number of halogens is 1. The van der Waals surface area contributed by atoms with Crippen molar-refractivity contribution in [3.63, 3.8) is 0 Å². The van der Waals surface area contributed by atoms with E-state index < -0.39 is 0 Å². The molecule has 0 saturated carbocycles. The van der Waals surface area contributed by atoms with Crippen molar-refractivity contribution in [3.8, 4) is 17.2 Å². The summed E-state index contributed by atoms with van der Waals surface area (Å²) < 4.78 is 19.0. The van der Waals surface area contributed by atoms with Gasteiger partial charge in [-0.3, -0.25) is 0 Å². The summed E-state index contributed by atoms with van der Waals surface area (Å²) in [6.45, 7) is 8.24. The normalized spacial score (nSPS) is 18.6. The monoisotopic (exact) mass is 518 g/mol. The molecule has 0 unspecified atom stereocenters. The fourth-order valence-electron chi connectivity index (χ4n) is 4.33. The average Bonchev–Trinajstić information content (AvgIpc) is 3.29. The lowest BCUT2D eigenvalue weighted by atomic mass is 9.96. The number of hydrazone groups is 1. The molecule has 34 heavy (non-hydrogen) atoms. The van der Waals surface area contributed by atoms with E-state index in [1.807, 2.05) is 50.2 Å². The zero-order chi connectivity index (χ0) is 23.7. The Bertz CT molecular complexity index is 1210. The van der Waals surface area contributed by atoms with Gasteiger partial charge in [0.05, 0.1) is 17.9 Å². The lowest BCUT2D eigenvalue weighted by Crippen LogP contribution is -2.33. The van der Waals surface area contributed by atoms with Crippen LogP contribution in [0.5, 0.6) is 17.2 Å². The van der Waals surface area contributed by atoms with Crippen molar-refractivity contribution in [2.75, 3.05) is 6.61 Å². The molecule has 0 fully saturated rings. The van der Waals surface area contributed by atoms with Crippen LogP contribution in [0.1, 0.15) is 49.2 Å². The van der Waals surface area contributed by atoms with Crippen LogP contribution in [0.4, 0.5) is 0 Å². The first-order chi connectivity index (χ1) is 16.5. The van der Waals surface area contributed by atoms with Gasteiger partial charge in [-0.15, -0.1) is 0 Å². The molecule has 0 radical (unpaired) electrons. The van der Waals surface area contributed by atoms with Gasteiger partial charge in [-0.2, -0.15) is 5.10 Å². The maximum atomic E-state index is 6.48. The number of rotatable bonds is 7. The van der Waals surface area contributed by atoms with Crippen molar-refractivity contribution < 1.29 is 14.2 Å². The summed E-state index contributed by atoms with van der Waals surface area (Å²) in [5.74, 6) is 2.56. The van der Waals surface area contributed by atoms with Gasteiger partial charge in [-0.1, -0.05) is 28.6 Å². The first-order valence-corrected chi connectivity index (χ1v) is 12.2. The van der Waals surface area contributed by atoms with Crippen molar-refractivity contribution in [3.05, 3.63) is 101 Å². The fraction of sp³-hybridized carbons (Fsp3) is 0.250. The minimum absolute atomic E-state index is 0.0875. The Labute approximate surface area is 208 Å². The van der Waals surface area contributed by atoms with Gasteiger partial charge < -0.3 is 14.2 Å². The van der Waals surface area contributed by atoms with Crippen molar-refractivity contribution in [1.29, 1.82) is 0 Å². The number of hydrogen-bond donors (Lipinski definition) is 0. The van der Waals surface area contributed by atoms with Crippen molar-refractivity contribution >= 4 is 21.6 Å². The minimum Gasteiger partial charge on any atom is -0.491 e. The van der Waals surface area contributed by atoms with Gasteiger partial charge in [0, 0.05) is 22.0 Å². The molecule has 2 atom stereocenters. The molecular formula is C28H27BrN2O3. The third-order valence-corrected chi connectivity index (χ3v) is 6.34. The minimum atomic E-state index is -0.320. The van der Waals surface area contributed by atoms with Crippen LogP contribution in [0.3, 0.4) is 0 Å². The van der Waals surface area contributed by atoms with Gasteiger partial charge in [0.15, 0.2) is 0 Å². The summed E-state index contributed by atoms with van der Waals surface area (Å²) in [5.41, 5.74) is 4.28. The second-order valence-electron chi connectivity index (χ2n) is 8.66. The molecule has 0 saturated heterocycles. The van der Waals surface area contributed by atoms with Crippen LogP contribution in [0.25, 0.3) is 0 Å². The van der Waals surface area contributed by atoms with Crippen LogP contribution >= 0.6 is 15.9 Å². The van der Waals surface area contributed by atoms with Crippen LogP contribution in [0.2, 0.25) is 0 Å². The van der Waals surface area contributed by atoms with Crippen LogP contribution in [0, 0.1) is 0 Å². The number of nitrogens with zero attached hydrogens (tertiary/aromatic N) is 2. The van der Waals surface area contributed by atoms with E-state index in [4.69, 9.17) is 19.3 Å². The van der Waals surface area contributed by atoms with E-state index in [1.165, 1.54) is 0 Å². The summed E-state index contributed by atoms with van der Waals surface area (Å²) in [4.78, 5) is 0. The standard InChI is InChI=1S/C28H27BrN2O3/c1-4-15-32-22-10-5-19(6-11-22)25-17-26-24-16-21(29)9-14-27(24)34-28(31(26)30-25)20-7-12-23(13-8-20)33-18(2)3/h4-14,16,18,26,28H,1,15,17H2,2-3H3/t26-,28+/m0/s1. The Morgan fingerprint density at radius 1 is 1.09 bits per heavy atom. The zero-order valence-electron chi connectivity index (χ0n) is 19.3. The van der Waals surface area contributed by atoms with E-state index in [9.17, 15) is 0 Å². The topological polar surface area (TPSA) is 43.3 Å². The zero-order valence-corrected chi connectivity index (χ0v) is 20.9. The average molecular weight is 519 g/mol. The summed E-state index contributed by atoms with van der Waals surface area (Å²) in [5, 5.41) is 7.14. The SMILES string of the molecule is C=CCOc1ccc(C2=NN3[C@@H](c4ccc(OC(C)C)cc4)Oc4ccc(Br)cc4[C@@H]3C2)cc1. The molecule has 5 rings (SSSR count).